The lowest BCUT2D eigenvalue weighted by molar-refractivity contribution is -0.0812. The third-order valence-electron chi connectivity index (χ3n) is 8.53. The van der Waals surface area contributed by atoms with Crippen molar-refractivity contribution >= 4 is 0 Å². The number of phenolic OH excluding ortho intramolecular Hbond substituents is 1. The van der Waals surface area contributed by atoms with Crippen LogP contribution < -0.4 is 0 Å². The first kappa shape index (κ1) is 19.1. The lowest BCUT2D eigenvalue weighted by Crippen LogP contribution is -2.54. The molecule has 3 aliphatic carbocycles. The molecule has 148 valence electrons. The second kappa shape index (κ2) is 6.95. The average molecular weight is 369 g/mol. The zero-order valence-corrected chi connectivity index (χ0v) is 17.1. The van der Waals surface area contributed by atoms with Gasteiger partial charge in [-0.25, -0.2) is 0 Å². The van der Waals surface area contributed by atoms with Gasteiger partial charge in [0, 0.05) is 0 Å². The molecule has 3 unspecified atom stereocenters. The molecular formula is C25H36O2. The summed E-state index contributed by atoms with van der Waals surface area (Å²) in [6.45, 7) is 8.99. The number of rotatable bonds is 5. The second-order valence-electron chi connectivity index (χ2n) is 9.79. The number of allylic oxidation sites excluding steroid dienone is 1. The largest absolute Gasteiger partial charge is 0.508 e. The maximum atomic E-state index is 10.9. The van der Waals surface area contributed by atoms with Crippen molar-refractivity contribution in [2.75, 3.05) is 0 Å². The van der Waals surface area contributed by atoms with E-state index >= 15 is 0 Å². The summed E-state index contributed by atoms with van der Waals surface area (Å²) in [5.41, 5.74) is 2.89. The highest BCUT2D eigenvalue weighted by atomic mass is 16.3. The summed E-state index contributed by atoms with van der Waals surface area (Å²) in [7, 11) is 0. The van der Waals surface area contributed by atoms with Gasteiger partial charge in [-0.15, -0.1) is 6.58 Å². The van der Waals surface area contributed by atoms with Crippen LogP contribution in [0.1, 0.15) is 82.3 Å². The molecule has 0 heterocycles. The van der Waals surface area contributed by atoms with Crippen LogP contribution in [0, 0.1) is 22.7 Å². The van der Waals surface area contributed by atoms with Gasteiger partial charge in [0.2, 0.25) is 0 Å². The molecule has 2 heteroatoms. The summed E-state index contributed by atoms with van der Waals surface area (Å²) < 4.78 is 0. The van der Waals surface area contributed by atoms with Crippen molar-refractivity contribution in [3.63, 3.8) is 0 Å². The molecule has 4 rings (SSSR count). The predicted octanol–water partition coefficient (Wildman–Crippen LogP) is 5.97. The van der Waals surface area contributed by atoms with Gasteiger partial charge in [-0.2, -0.15) is 0 Å². The van der Waals surface area contributed by atoms with Gasteiger partial charge >= 0.3 is 0 Å². The number of benzene rings is 1. The fourth-order valence-electron chi connectivity index (χ4n) is 7.35. The molecule has 0 radical (unpaired) electrons. The Labute approximate surface area is 164 Å². The Balaban J connectivity index is 1.81. The number of unbranched alkanes of at least 4 members (excludes halogenated alkanes) is 2. The number of fused-ring (bicyclic) bond motifs is 5. The quantitative estimate of drug-likeness (QED) is 0.496. The van der Waals surface area contributed by atoms with E-state index in [1.54, 1.807) is 0 Å². The number of aryl methyl sites for hydroxylation is 1. The maximum absolute atomic E-state index is 10.9. The monoisotopic (exact) mass is 368 g/mol. The van der Waals surface area contributed by atoms with Crippen LogP contribution in [-0.2, 0) is 6.42 Å². The Morgan fingerprint density at radius 1 is 1.26 bits per heavy atom. The van der Waals surface area contributed by atoms with Gasteiger partial charge in [0.05, 0.1) is 6.10 Å². The first-order chi connectivity index (χ1) is 13.0. The Kier molecular flexibility index (Phi) is 4.91. The van der Waals surface area contributed by atoms with Crippen LogP contribution in [0.15, 0.2) is 30.9 Å². The van der Waals surface area contributed by atoms with E-state index in [-0.39, 0.29) is 16.9 Å². The molecule has 1 aromatic carbocycles. The topological polar surface area (TPSA) is 40.5 Å². The van der Waals surface area contributed by atoms with Crippen LogP contribution in [0.2, 0.25) is 0 Å². The Morgan fingerprint density at radius 3 is 2.81 bits per heavy atom. The first-order valence-electron chi connectivity index (χ1n) is 11.1. The minimum atomic E-state index is -0.171. The predicted molar refractivity (Wildman–Crippen MR) is 111 cm³/mol. The molecule has 2 N–H and O–H groups in total. The molecular weight excluding hydrogens is 332 g/mol. The first-order valence-corrected chi connectivity index (χ1v) is 11.1. The van der Waals surface area contributed by atoms with Gasteiger partial charge in [0.25, 0.3) is 0 Å². The van der Waals surface area contributed by atoms with Crippen LogP contribution in [-0.4, -0.2) is 16.3 Å². The van der Waals surface area contributed by atoms with E-state index in [0.717, 1.165) is 32.1 Å². The number of aliphatic hydroxyl groups is 1. The minimum Gasteiger partial charge on any atom is -0.508 e. The lowest BCUT2D eigenvalue weighted by Gasteiger charge is -2.60. The van der Waals surface area contributed by atoms with Gasteiger partial charge in [-0.1, -0.05) is 45.3 Å². The minimum absolute atomic E-state index is 0.0238. The summed E-state index contributed by atoms with van der Waals surface area (Å²) in [6, 6.07) is 6.05. The smallest absolute Gasteiger partial charge is 0.115 e. The van der Waals surface area contributed by atoms with Crippen molar-refractivity contribution in [2.24, 2.45) is 22.7 Å². The van der Waals surface area contributed by atoms with E-state index in [4.69, 9.17) is 0 Å². The van der Waals surface area contributed by atoms with Crippen molar-refractivity contribution in [1.82, 2.24) is 0 Å². The molecule has 0 spiro atoms. The SMILES string of the molecule is C=CC12CCc3cc(O)ccc3[C@H]1C(CCCCC)C[C@]1(C)C(O)CC[C@@H]21. The van der Waals surface area contributed by atoms with Gasteiger partial charge in [0.1, 0.15) is 5.75 Å². The number of hydrogen-bond acceptors (Lipinski definition) is 2. The lowest BCUT2D eigenvalue weighted by atomic mass is 9.44. The molecule has 2 fully saturated rings. The summed E-state index contributed by atoms with van der Waals surface area (Å²) in [5.74, 6) is 1.98. The molecule has 0 saturated heterocycles. The summed E-state index contributed by atoms with van der Waals surface area (Å²) in [4.78, 5) is 0. The van der Waals surface area contributed by atoms with Crippen LogP contribution in [0.5, 0.6) is 5.75 Å². The summed E-state index contributed by atoms with van der Waals surface area (Å²) in [5, 5.41) is 21.0. The Bertz CT molecular complexity index is 710. The van der Waals surface area contributed by atoms with Crippen molar-refractivity contribution in [2.45, 2.75) is 83.7 Å². The van der Waals surface area contributed by atoms with Crippen molar-refractivity contribution < 1.29 is 10.2 Å². The molecule has 1 aromatic rings. The molecule has 6 atom stereocenters. The molecule has 0 bridgehead atoms. The van der Waals surface area contributed by atoms with Crippen molar-refractivity contribution in [1.29, 1.82) is 0 Å². The number of hydrogen-bond donors (Lipinski definition) is 2. The second-order valence-corrected chi connectivity index (χ2v) is 9.79. The van der Waals surface area contributed by atoms with Crippen molar-refractivity contribution in [3.05, 3.63) is 42.0 Å². The van der Waals surface area contributed by atoms with Crippen LogP contribution in [0.25, 0.3) is 0 Å². The Morgan fingerprint density at radius 2 is 2.07 bits per heavy atom. The molecule has 2 saturated carbocycles. The number of phenols is 1. The van der Waals surface area contributed by atoms with E-state index in [0.29, 0.717) is 23.5 Å². The van der Waals surface area contributed by atoms with Crippen LogP contribution >= 0.6 is 0 Å². The zero-order valence-electron chi connectivity index (χ0n) is 17.1. The van der Waals surface area contributed by atoms with Gasteiger partial charge in [-0.05, 0) is 90.4 Å². The van der Waals surface area contributed by atoms with Crippen LogP contribution in [0.4, 0.5) is 0 Å². The van der Waals surface area contributed by atoms with E-state index in [2.05, 4.69) is 32.6 Å². The molecule has 0 aromatic heterocycles. The fraction of sp³-hybridized carbons (Fsp3) is 0.680. The standard InChI is InChI=1S/C25H36O2/c1-4-6-7-8-18-16-24(3)21(11-12-22(24)27)25(5-2)14-13-17-15-19(26)9-10-20(17)23(18)25/h5,9-10,15,18,21-23,26-27H,2,4,6-8,11-14,16H2,1,3H3/t18?,21-,22?,23-,24+,25?/m1/s1. The number of aliphatic hydroxyl groups excluding tert-OH is 1. The third kappa shape index (κ3) is 2.78. The van der Waals surface area contributed by atoms with E-state index in [1.807, 2.05) is 12.1 Å². The molecule has 3 aliphatic rings. The molecule has 0 amide bonds. The zero-order chi connectivity index (χ0) is 19.2. The third-order valence-corrected chi connectivity index (χ3v) is 8.53. The van der Waals surface area contributed by atoms with E-state index in [9.17, 15) is 10.2 Å². The average Bonchev–Trinajstić information content (AvgIpc) is 2.96. The highest BCUT2D eigenvalue weighted by molar-refractivity contribution is 5.43. The van der Waals surface area contributed by atoms with Crippen molar-refractivity contribution in [3.8, 4) is 5.75 Å². The number of aromatic hydroxyl groups is 1. The van der Waals surface area contributed by atoms with E-state index < -0.39 is 0 Å². The highest BCUT2D eigenvalue weighted by Crippen LogP contribution is 2.69. The normalized spacial score (nSPS) is 40.1. The van der Waals surface area contributed by atoms with Crippen LogP contribution in [0.3, 0.4) is 0 Å². The van der Waals surface area contributed by atoms with Gasteiger partial charge < -0.3 is 10.2 Å². The fourth-order valence-corrected chi connectivity index (χ4v) is 7.35. The molecule has 0 aliphatic heterocycles. The van der Waals surface area contributed by atoms with E-state index in [1.165, 1.54) is 36.8 Å². The summed E-state index contributed by atoms with van der Waals surface area (Å²) in [6.07, 6.45) is 12.5. The maximum Gasteiger partial charge on any atom is 0.115 e. The molecule has 27 heavy (non-hydrogen) atoms. The summed E-state index contributed by atoms with van der Waals surface area (Å²) >= 11 is 0. The highest BCUT2D eigenvalue weighted by Gasteiger charge is 2.63. The van der Waals surface area contributed by atoms with Gasteiger partial charge in [0.15, 0.2) is 0 Å². The molecule has 2 nitrogen and oxygen atoms in total. The van der Waals surface area contributed by atoms with Gasteiger partial charge in [-0.3, -0.25) is 0 Å². The Hall–Kier alpha value is -1.28.